The fraction of sp³-hybridized carbons (Fsp3) is 0.500. The minimum atomic E-state index is -0.904. The maximum Gasteiger partial charge on any atom is 0.337 e. The summed E-state index contributed by atoms with van der Waals surface area (Å²) in [6, 6.07) is 5.94. The molecule has 1 aliphatic rings. The van der Waals surface area contributed by atoms with Crippen LogP contribution in [0.2, 0.25) is 0 Å². The van der Waals surface area contributed by atoms with Crippen molar-refractivity contribution in [2.75, 3.05) is 0 Å². The number of aromatic carboxylic acids is 1. The van der Waals surface area contributed by atoms with Gasteiger partial charge in [-0.1, -0.05) is 33.3 Å². The number of rotatable bonds is 4. The number of carboxylic acid groups (broad SMARTS) is 1. The summed E-state index contributed by atoms with van der Waals surface area (Å²) in [5, 5.41) is 9.32. The predicted molar refractivity (Wildman–Crippen MR) is 78.2 cm³/mol. The van der Waals surface area contributed by atoms with Crippen LogP contribution in [0.5, 0.6) is 0 Å². The first-order valence-electron chi connectivity index (χ1n) is 7.28. The van der Waals surface area contributed by atoms with Crippen molar-refractivity contribution in [2.24, 2.45) is 5.92 Å². The van der Waals surface area contributed by atoms with E-state index in [-0.39, 0.29) is 0 Å². The Labute approximate surface area is 118 Å². The highest BCUT2D eigenvalue weighted by atomic mass is 16.4. The number of benzene rings is 1. The topological polar surface area (TPSA) is 55.1 Å². The molecular weight excluding hydrogens is 252 g/mol. The van der Waals surface area contributed by atoms with Crippen LogP contribution in [0.3, 0.4) is 0 Å². The number of fused-ring (bicyclic) bond motifs is 1. The first-order chi connectivity index (χ1) is 9.54. The Kier molecular flexibility index (Phi) is 3.04. The lowest BCUT2D eigenvalue weighted by Crippen LogP contribution is -2.04. The first kappa shape index (κ1) is 13.2. The molecule has 20 heavy (non-hydrogen) atoms. The molecule has 1 saturated carbocycles. The van der Waals surface area contributed by atoms with Gasteiger partial charge in [0.25, 0.3) is 0 Å². The number of para-hydroxylation sites is 1. The Hall–Kier alpha value is -1.84. The van der Waals surface area contributed by atoms with Gasteiger partial charge in [0, 0.05) is 12.0 Å². The molecule has 1 aliphatic carbocycles. The van der Waals surface area contributed by atoms with Crippen molar-refractivity contribution < 1.29 is 9.90 Å². The quantitative estimate of drug-likeness (QED) is 0.920. The Morgan fingerprint density at radius 3 is 2.80 bits per heavy atom. The zero-order chi connectivity index (χ0) is 14.4. The highest BCUT2D eigenvalue weighted by Gasteiger charge is 2.39. The van der Waals surface area contributed by atoms with Gasteiger partial charge in [0.2, 0.25) is 0 Å². The van der Waals surface area contributed by atoms with Crippen LogP contribution in [0.1, 0.15) is 61.8 Å². The van der Waals surface area contributed by atoms with Gasteiger partial charge < -0.3 is 9.67 Å². The van der Waals surface area contributed by atoms with Crippen molar-refractivity contribution >= 4 is 17.0 Å². The molecule has 1 fully saturated rings. The van der Waals surface area contributed by atoms with E-state index in [0.29, 0.717) is 29.0 Å². The average molecular weight is 272 g/mol. The van der Waals surface area contributed by atoms with Gasteiger partial charge >= 0.3 is 5.97 Å². The number of aromatic nitrogens is 2. The molecule has 4 nitrogen and oxygen atoms in total. The monoisotopic (exact) mass is 272 g/mol. The lowest BCUT2D eigenvalue weighted by atomic mass is 10.2. The lowest BCUT2D eigenvalue weighted by Gasteiger charge is -2.11. The van der Waals surface area contributed by atoms with Crippen LogP contribution in [-0.2, 0) is 0 Å². The summed E-state index contributed by atoms with van der Waals surface area (Å²) in [6.07, 6.45) is 2.35. The molecule has 0 amide bonds. The lowest BCUT2D eigenvalue weighted by molar-refractivity contribution is 0.0699. The number of carboxylic acids is 1. The van der Waals surface area contributed by atoms with Crippen LogP contribution in [0, 0.1) is 5.92 Å². The molecule has 2 atom stereocenters. The molecule has 0 bridgehead atoms. The SMILES string of the molecule is CCC1CC1n1c(C(C)C)nc2c(C(=O)O)cccc21. The van der Waals surface area contributed by atoms with Crippen LogP contribution < -0.4 is 0 Å². The second-order valence-corrected chi connectivity index (χ2v) is 5.94. The third-order valence-corrected chi connectivity index (χ3v) is 4.24. The molecule has 0 aliphatic heterocycles. The van der Waals surface area contributed by atoms with Gasteiger partial charge in [-0.25, -0.2) is 9.78 Å². The van der Waals surface area contributed by atoms with Crippen LogP contribution in [0.25, 0.3) is 11.0 Å². The molecule has 1 aromatic heterocycles. The van der Waals surface area contributed by atoms with E-state index >= 15 is 0 Å². The second kappa shape index (κ2) is 4.62. The summed E-state index contributed by atoms with van der Waals surface area (Å²) in [7, 11) is 0. The summed E-state index contributed by atoms with van der Waals surface area (Å²) < 4.78 is 2.28. The van der Waals surface area contributed by atoms with Crippen LogP contribution in [0.15, 0.2) is 18.2 Å². The zero-order valence-electron chi connectivity index (χ0n) is 12.1. The van der Waals surface area contributed by atoms with Gasteiger partial charge in [0.1, 0.15) is 11.3 Å². The molecule has 0 saturated heterocycles. The molecule has 2 unspecified atom stereocenters. The fourth-order valence-corrected chi connectivity index (χ4v) is 3.05. The maximum atomic E-state index is 11.4. The van der Waals surface area contributed by atoms with Gasteiger partial charge in [-0.3, -0.25) is 0 Å². The van der Waals surface area contributed by atoms with Crippen molar-refractivity contribution in [3.05, 3.63) is 29.6 Å². The molecule has 1 heterocycles. The van der Waals surface area contributed by atoms with Crippen molar-refractivity contribution in [1.29, 1.82) is 0 Å². The van der Waals surface area contributed by atoms with Crippen LogP contribution >= 0.6 is 0 Å². The minimum Gasteiger partial charge on any atom is -0.478 e. The first-order valence-corrected chi connectivity index (χ1v) is 7.28. The van der Waals surface area contributed by atoms with E-state index in [1.165, 1.54) is 12.8 Å². The molecule has 106 valence electrons. The number of imidazole rings is 1. The summed E-state index contributed by atoms with van der Waals surface area (Å²) >= 11 is 0. The maximum absolute atomic E-state index is 11.4. The van der Waals surface area contributed by atoms with E-state index in [9.17, 15) is 9.90 Å². The number of carbonyl (C=O) groups is 1. The number of hydrogen-bond acceptors (Lipinski definition) is 2. The van der Waals surface area contributed by atoms with Gasteiger partial charge in [0.05, 0.1) is 11.1 Å². The number of nitrogens with zero attached hydrogens (tertiary/aromatic N) is 2. The van der Waals surface area contributed by atoms with Crippen molar-refractivity contribution in [3.63, 3.8) is 0 Å². The Morgan fingerprint density at radius 2 is 2.25 bits per heavy atom. The normalized spacial score (nSPS) is 21.6. The summed E-state index contributed by atoms with van der Waals surface area (Å²) in [4.78, 5) is 16.0. The van der Waals surface area contributed by atoms with Crippen LogP contribution in [-0.4, -0.2) is 20.6 Å². The van der Waals surface area contributed by atoms with E-state index in [0.717, 1.165) is 11.3 Å². The predicted octanol–water partition coefficient (Wildman–Crippen LogP) is 3.83. The third-order valence-electron chi connectivity index (χ3n) is 4.24. The van der Waals surface area contributed by atoms with Crippen LogP contribution in [0.4, 0.5) is 0 Å². The van der Waals surface area contributed by atoms with Gasteiger partial charge in [0.15, 0.2) is 0 Å². The molecule has 3 rings (SSSR count). The van der Waals surface area contributed by atoms with E-state index in [1.807, 2.05) is 12.1 Å². The van der Waals surface area contributed by atoms with E-state index in [1.54, 1.807) is 6.07 Å². The number of hydrogen-bond donors (Lipinski definition) is 1. The minimum absolute atomic E-state index is 0.294. The van der Waals surface area contributed by atoms with Gasteiger partial charge in [-0.2, -0.15) is 0 Å². The van der Waals surface area contributed by atoms with E-state index in [4.69, 9.17) is 0 Å². The third kappa shape index (κ3) is 1.90. The van der Waals surface area contributed by atoms with E-state index in [2.05, 4.69) is 30.3 Å². The van der Waals surface area contributed by atoms with Crippen molar-refractivity contribution in [3.8, 4) is 0 Å². The van der Waals surface area contributed by atoms with E-state index < -0.39 is 5.97 Å². The standard InChI is InChI=1S/C16H20N2O2/c1-4-10-8-13(10)18-12-7-5-6-11(16(19)20)14(12)17-15(18)9(2)3/h5-7,9-10,13H,4,8H2,1-3H3,(H,19,20). The molecule has 2 aromatic rings. The smallest absolute Gasteiger partial charge is 0.337 e. The van der Waals surface area contributed by atoms with Gasteiger partial charge in [-0.15, -0.1) is 0 Å². The molecule has 1 N–H and O–H groups in total. The molecule has 0 radical (unpaired) electrons. The Morgan fingerprint density at radius 1 is 1.50 bits per heavy atom. The highest BCUT2D eigenvalue weighted by Crippen LogP contribution is 2.48. The summed E-state index contributed by atoms with van der Waals surface area (Å²) in [5.74, 6) is 1.11. The second-order valence-electron chi connectivity index (χ2n) is 5.94. The summed E-state index contributed by atoms with van der Waals surface area (Å²) in [6.45, 7) is 6.44. The average Bonchev–Trinajstić information content (AvgIpc) is 3.08. The summed E-state index contributed by atoms with van der Waals surface area (Å²) in [5.41, 5.74) is 1.90. The fourth-order valence-electron chi connectivity index (χ4n) is 3.05. The highest BCUT2D eigenvalue weighted by molar-refractivity contribution is 6.01. The largest absolute Gasteiger partial charge is 0.478 e. The molecule has 4 heteroatoms. The molecule has 0 spiro atoms. The Bertz CT molecular complexity index is 672. The molecular formula is C16H20N2O2. The van der Waals surface area contributed by atoms with Gasteiger partial charge in [-0.05, 0) is 24.5 Å². The van der Waals surface area contributed by atoms with Crippen molar-refractivity contribution in [1.82, 2.24) is 9.55 Å². The van der Waals surface area contributed by atoms with Crippen molar-refractivity contribution in [2.45, 2.75) is 45.6 Å². The molecule has 1 aromatic carbocycles. The zero-order valence-corrected chi connectivity index (χ0v) is 12.1. The Balaban J connectivity index is 2.23.